The number of cyclic esters (lactones) is 1. The highest BCUT2D eigenvalue weighted by molar-refractivity contribution is 6.45. The third-order valence-electron chi connectivity index (χ3n) is 6.64. The SMILES string of the molecule is CC(=O)c1ccccc1NC(=O)C(=O)[C@@H](C(=O)c1ccccc1-c1ccccc1)[C@@H]1OC(=O)c2ccccc21. The number of carbonyl (C=O) groups excluding carboxylic acids is 5. The molecular weight excluding hydrogens is 494 g/mol. The molecule has 0 unspecified atom stereocenters. The Bertz CT molecular complexity index is 1620. The van der Waals surface area contributed by atoms with Crippen LogP contribution in [0.1, 0.15) is 49.7 Å². The van der Waals surface area contributed by atoms with Crippen LogP contribution in [-0.4, -0.2) is 29.2 Å². The first kappa shape index (κ1) is 25.5. The molecule has 0 aliphatic carbocycles. The van der Waals surface area contributed by atoms with Gasteiger partial charge in [-0.15, -0.1) is 0 Å². The average Bonchev–Trinajstić information content (AvgIpc) is 3.29. The Morgan fingerprint density at radius 1 is 0.718 bits per heavy atom. The van der Waals surface area contributed by atoms with Gasteiger partial charge in [-0.25, -0.2) is 4.79 Å². The Morgan fingerprint density at radius 3 is 2.03 bits per heavy atom. The third-order valence-corrected chi connectivity index (χ3v) is 6.64. The molecule has 0 fully saturated rings. The van der Waals surface area contributed by atoms with E-state index in [4.69, 9.17) is 4.74 Å². The van der Waals surface area contributed by atoms with Crippen molar-refractivity contribution >= 4 is 34.9 Å². The van der Waals surface area contributed by atoms with Crippen molar-refractivity contribution in [3.8, 4) is 11.1 Å². The lowest BCUT2D eigenvalue weighted by Crippen LogP contribution is -2.38. The van der Waals surface area contributed by atoms with Gasteiger partial charge >= 0.3 is 5.97 Å². The van der Waals surface area contributed by atoms with E-state index in [2.05, 4.69) is 5.32 Å². The maximum atomic E-state index is 14.2. The molecular formula is C32H23NO6. The van der Waals surface area contributed by atoms with Crippen LogP contribution >= 0.6 is 0 Å². The highest BCUT2D eigenvalue weighted by Gasteiger charge is 2.46. The molecule has 7 nitrogen and oxygen atoms in total. The van der Waals surface area contributed by atoms with E-state index in [1.54, 1.807) is 60.7 Å². The molecule has 0 bridgehead atoms. The van der Waals surface area contributed by atoms with Gasteiger partial charge in [-0.2, -0.15) is 0 Å². The van der Waals surface area contributed by atoms with Crippen molar-refractivity contribution in [3.05, 3.63) is 125 Å². The fourth-order valence-electron chi connectivity index (χ4n) is 4.77. The Hall–Kier alpha value is -5.17. The van der Waals surface area contributed by atoms with Crippen molar-refractivity contribution in [1.29, 1.82) is 0 Å². The number of nitrogens with one attached hydrogen (secondary N) is 1. The smallest absolute Gasteiger partial charge is 0.339 e. The van der Waals surface area contributed by atoms with E-state index < -0.39 is 35.5 Å². The Kier molecular flexibility index (Phi) is 6.97. The van der Waals surface area contributed by atoms with Crippen LogP contribution in [0.4, 0.5) is 5.69 Å². The second kappa shape index (κ2) is 10.7. The second-order valence-electron chi connectivity index (χ2n) is 9.09. The zero-order valence-electron chi connectivity index (χ0n) is 20.9. The van der Waals surface area contributed by atoms with Crippen LogP contribution in [0.5, 0.6) is 0 Å². The number of benzene rings is 4. The van der Waals surface area contributed by atoms with Crippen LogP contribution < -0.4 is 5.32 Å². The van der Waals surface area contributed by atoms with E-state index in [1.165, 1.54) is 19.1 Å². The molecule has 0 spiro atoms. The van der Waals surface area contributed by atoms with Gasteiger partial charge in [0, 0.05) is 16.7 Å². The molecule has 0 aromatic heterocycles. The lowest BCUT2D eigenvalue weighted by Gasteiger charge is -2.22. The van der Waals surface area contributed by atoms with E-state index in [9.17, 15) is 24.0 Å². The van der Waals surface area contributed by atoms with Gasteiger partial charge < -0.3 is 10.1 Å². The summed E-state index contributed by atoms with van der Waals surface area (Å²) in [6.45, 7) is 1.34. The number of amides is 1. The van der Waals surface area contributed by atoms with Crippen molar-refractivity contribution in [1.82, 2.24) is 0 Å². The number of fused-ring (bicyclic) bond motifs is 1. The number of ketones is 3. The van der Waals surface area contributed by atoms with Crippen molar-refractivity contribution in [2.75, 3.05) is 5.32 Å². The number of hydrogen-bond acceptors (Lipinski definition) is 6. The van der Waals surface area contributed by atoms with E-state index in [0.29, 0.717) is 11.1 Å². The molecule has 1 amide bonds. The standard InChI is InChI=1S/C32H23NO6/c1-19(34)21-13-9-10-18-26(21)33-31(37)29(36)27(30-24-16-7-8-17-25(24)32(38)39-30)28(35)23-15-6-5-14-22(23)20-11-3-2-4-12-20/h2-18,27,30H,1H3,(H,33,37)/t27-,30-/m1/s1. The molecule has 1 aliphatic rings. The van der Waals surface area contributed by atoms with Gasteiger partial charge in [-0.3, -0.25) is 19.2 Å². The number of hydrogen-bond donors (Lipinski definition) is 1. The lowest BCUT2D eigenvalue weighted by molar-refractivity contribution is -0.138. The summed E-state index contributed by atoms with van der Waals surface area (Å²) < 4.78 is 5.55. The van der Waals surface area contributed by atoms with Crippen LogP contribution in [0.25, 0.3) is 11.1 Å². The predicted octanol–water partition coefficient (Wildman–Crippen LogP) is 5.47. The molecule has 192 valence electrons. The minimum absolute atomic E-state index is 0.142. The number of anilines is 1. The fourth-order valence-corrected chi connectivity index (χ4v) is 4.77. The summed E-state index contributed by atoms with van der Waals surface area (Å²) in [4.78, 5) is 66.0. The number of esters is 1. The topological polar surface area (TPSA) is 107 Å². The average molecular weight is 518 g/mol. The quantitative estimate of drug-likeness (QED) is 0.144. The van der Waals surface area contributed by atoms with Crippen LogP contribution in [0.2, 0.25) is 0 Å². The monoisotopic (exact) mass is 517 g/mol. The maximum absolute atomic E-state index is 14.2. The molecule has 0 saturated carbocycles. The molecule has 2 atom stereocenters. The lowest BCUT2D eigenvalue weighted by atomic mass is 9.82. The van der Waals surface area contributed by atoms with Crippen molar-refractivity contribution in [2.24, 2.45) is 5.92 Å². The van der Waals surface area contributed by atoms with Crippen molar-refractivity contribution in [3.63, 3.8) is 0 Å². The summed E-state index contributed by atoms with van der Waals surface area (Å²) >= 11 is 0. The van der Waals surface area contributed by atoms with Gasteiger partial charge in [0.05, 0.1) is 11.3 Å². The van der Waals surface area contributed by atoms with Crippen LogP contribution in [0.15, 0.2) is 103 Å². The van der Waals surface area contributed by atoms with Gasteiger partial charge in [-0.1, -0.05) is 84.9 Å². The Balaban J connectivity index is 1.58. The van der Waals surface area contributed by atoms with Crippen LogP contribution in [-0.2, 0) is 14.3 Å². The molecule has 1 heterocycles. The summed E-state index contributed by atoms with van der Waals surface area (Å²) in [7, 11) is 0. The number of Topliss-reactive ketones (excluding diaryl/α,β-unsaturated/α-hetero) is 3. The number of rotatable bonds is 8. The first-order valence-electron chi connectivity index (χ1n) is 12.3. The second-order valence-corrected chi connectivity index (χ2v) is 9.09. The van der Waals surface area contributed by atoms with E-state index >= 15 is 0 Å². The number of para-hydroxylation sites is 1. The summed E-state index contributed by atoms with van der Waals surface area (Å²) in [6, 6.07) is 28.7. The summed E-state index contributed by atoms with van der Waals surface area (Å²) in [5.74, 6) is -5.49. The molecule has 0 saturated heterocycles. The van der Waals surface area contributed by atoms with Crippen molar-refractivity contribution < 1.29 is 28.7 Å². The minimum Gasteiger partial charge on any atom is -0.453 e. The molecule has 7 heteroatoms. The summed E-state index contributed by atoms with van der Waals surface area (Å²) in [5, 5.41) is 2.48. The summed E-state index contributed by atoms with van der Waals surface area (Å²) in [6.07, 6.45) is -1.30. The predicted molar refractivity (Wildman–Crippen MR) is 144 cm³/mol. The van der Waals surface area contributed by atoms with Crippen LogP contribution in [0, 0.1) is 5.92 Å². The highest BCUT2D eigenvalue weighted by atomic mass is 16.5. The van der Waals surface area contributed by atoms with Crippen molar-refractivity contribution in [2.45, 2.75) is 13.0 Å². The maximum Gasteiger partial charge on any atom is 0.339 e. The molecule has 0 radical (unpaired) electrons. The first-order chi connectivity index (χ1) is 18.9. The van der Waals surface area contributed by atoms with Gasteiger partial charge in [0.15, 0.2) is 11.6 Å². The van der Waals surface area contributed by atoms with Gasteiger partial charge in [0.25, 0.3) is 5.91 Å². The van der Waals surface area contributed by atoms with E-state index in [-0.39, 0.29) is 28.2 Å². The van der Waals surface area contributed by atoms with Crippen LogP contribution in [0.3, 0.4) is 0 Å². The Labute approximate surface area is 224 Å². The Morgan fingerprint density at radius 2 is 1.31 bits per heavy atom. The largest absolute Gasteiger partial charge is 0.453 e. The molecule has 5 rings (SSSR count). The number of ether oxygens (including phenoxy) is 1. The van der Waals surface area contributed by atoms with Gasteiger partial charge in [0.1, 0.15) is 12.0 Å². The molecule has 39 heavy (non-hydrogen) atoms. The van der Waals surface area contributed by atoms with E-state index in [1.807, 2.05) is 30.3 Å². The zero-order chi connectivity index (χ0) is 27.5. The fraction of sp³-hybridized carbons (Fsp3) is 0.0938. The minimum atomic E-state index is -1.66. The molecule has 4 aromatic rings. The third kappa shape index (κ3) is 4.90. The van der Waals surface area contributed by atoms with Gasteiger partial charge in [0.2, 0.25) is 5.78 Å². The number of carbonyl (C=O) groups is 5. The molecule has 4 aromatic carbocycles. The molecule has 1 aliphatic heterocycles. The highest BCUT2D eigenvalue weighted by Crippen LogP contribution is 2.39. The molecule has 1 N–H and O–H groups in total. The van der Waals surface area contributed by atoms with E-state index in [0.717, 1.165) is 5.56 Å². The summed E-state index contributed by atoms with van der Waals surface area (Å²) in [5.41, 5.74) is 2.46. The van der Waals surface area contributed by atoms with Gasteiger partial charge in [-0.05, 0) is 36.2 Å². The first-order valence-corrected chi connectivity index (χ1v) is 12.3. The zero-order valence-corrected chi connectivity index (χ0v) is 20.9. The normalized spacial score (nSPS) is 14.6.